The van der Waals surface area contributed by atoms with E-state index in [1.54, 1.807) is 19.1 Å². The fraction of sp³-hybridized carbons (Fsp3) is 0.200. The van der Waals surface area contributed by atoms with E-state index < -0.39 is 5.82 Å². The van der Waals surface area contributed by atoms with Crippen LogP contribution >= 0.6 is 11.6 Å². The van der Waals surface area contributed by atoms with Crippen LogP contribution in [0.5, 0.6) is 0 Å². The van der Waals surface area contributed by atoms with Crippen LogP contribution in [0.1, 0.15) is 6.92 Å². The summed E-state index contributed by atoms with van der Waals surface area (Å²) in [5.41, 5.74) is 0.370. The van der Waals surface area contributed by atoms with Crippen molar-refractivity contribution in [3.05, 3.63) is 29.0 Å². The fourth-order valence-corrected chi connectivity index (χ4v) is 1.04. The standard InChI is InChI=1S/C10H9ClFN/c1-3-7(2)13-10-5-4-8(11)6-9(10)12/h1,4-7,13H,2H3. The molecule has 0 aromatic heterocycles. The smallest absolute Gasteiger partial charge is 0.147 e. The second-order valence-corrected chi connectivity index (χ2v) is 3.09. The molecule has 0 radical (unpaired) electrons. The summed E-state index contributed by atoms with van der Waals surface area (Å²) < 4.78 is 13.1. The lowest BCUT2D eigenvalue weighted by atomic mass is 10.2. The molecule has 68 valence electrons. The van der Waals surface area contributed by atoms with Gasteiger partial charge < -0.3 is 5.32 Å². The van der Waals surface area contributed by atoms with Crippen molar-refractivity contribution in [3.8, 4) is 12.3 Å². The molecule has 1 aromatic rings. The van der Waals surface area contributed by atoms with Gasteiger partial charge in [-0.25, -0.2) is 4.39 Å². The van der Waals surface area contributed by atoms with Crippen LogP contribution < -0.4 is 5.32 Å². The van der Waals surface area contributed by atoms with Crippen molar-refractivity contribution >= 4 is 17.3 Å². The highest BCUT2D eigenvalue weighted by Gasteiger charge is 2.03. The van der Waals surface area contributed by atoms with E-state index >= 15 is 0 Å². The van der Waals surface area contributed by atoms with Crippen molar-refractivity contribution in [2.75, 3.05) is 5.32 Å². The maximum Gasteiger partial charge on any atom is 0.147 e. The van der Waals surface area contributed by atoms with Gasteiger partial charge >= 0.3 is 0 Å². The Hall–Kier alpha value is -1.20. The van der Waals surface area contributed by atoms with Gasteiger partial charge in [-0.15, -0.1) is 6.42 Å². The second kappa shape index (κ2) is 4.15. The number of hydrogen-bond donors (Lipinski definition) is 1. The number of halogens is 2. The molecule has 3 heteroatoms. The minimum Gasteiger partial charge on any atom is -0.369 e. The van der Waals surface area contributed by atoms with Crippen LogP contribution in [0, 0.1) is 18.2 Å². The van der Waals surface area contributed by atoms with E-state index in [-0.39, 0.29) is 6.04 Å². The Kier molecular flexibility index (Phi) is 3.16. The Morgan fingerprint density at radius 1 is 1.62 bits per heavy atom. The Morgan fingerprint density at radius 2 is 2.31 bits per heavy atom. The van der Waals surface area contributed by atoms with Gasteiger partial charge in [0.1, 0.15) is 5.82 Å². The van der Waals surface area contributed by atoms with Crippen molar-refractivity contribution in [2.24, 2.45) is 0 Å². The number of nitrogens with one attached hydrogen (secondary N) is 1. The molecule has 1 unspecified atom stereocenters. The summed E-state index contributed by atoms with van der Waals surface area (Å²) in [6, 6.07) is 4.21. The van der Waals surface area contributed by atoms with E-state index in [2.05, 4.69) is 11.2 Å². The molecule has 1 nitrogen and oxygen atoms in total. The molecule has 0 bridgehead atoms. The molecule has 1 atom stereocenters. The predicted molar refractivity (Wildman–Crippen MR) is 53.3 cm³/mol. The summed E-state index contributed by atoms with van der Waals surface area (Å²) in [4.78, 5) is 0. The molecule has 0 aliphatic carbocycles. The summed E-state index contributed by atoms with van der Waals surface area (Å²) in [5.74, 6) is 2.05. The van der Waals surface area contributed by atoms with Gasteiger partial charge in [0, 0.05) is 5.02 Å². The van der Waals surface area contributed by atoms with Crippen molar-refractivity contribution in [3.63, 3.8) is 0 Å². The first-order valence-corrected chi connectivity index (χ1v) is 4.19. The van der Waals surface area contributed by atoms with E-state index in [4.69, 9.17) is 18.0 Å². The molecule has 0 amide bonds. The van der Waals surface area contributed by atoms with E-state index in [0.717, 1.165) is 0 Å². The van der Waals surface area contributed by atoms with Crippen LogP contribution in [0.15, 0.2) is 18.2 Å². The van der Waals surface area contributed by atoms with Gasteiger partial charge in [0.25, 0.3) is 0 Å². The van der Waals surface area contributed by atoms with Crippen molar-refractivity contribution in [1.82, 2.24) is 0 Å². The van der Waals surface area contributed by atoms with Gasteiger partial charge in [-0.3, -0.25) is 0 Å². The van der Waals surface area contributed by atoms with Crippen molar-refractivity contribution in [1.29, 1.82) is 0 Å². The van der Waals surface area contributed by atoms with Crippen LogP contribution in [0.4, 0.5) is 10.1 Å². The summed E-state index contributed by atoms with van der Waals surface area (Å²) >= 11 is 5.58. The van der Waals surface area contributed by atoms with Crippen LogP contribution in [0.2, 0.25) is 5.02 Å². The first-order valence-electron chi connectivity index (χ1n) is 3.81. The van der Waals surface area contributed by atoms with E-state index in [0.29, 0.717) is 10.7 Å². The number of anilines is 1. The van der Waals surface area contributed by atoms with Crippen LogP contribution in [-0.4, -0.2) is 6.04 Å². The third-order valence-electron chi connectivity index (χ3n) is 1.55. The molecule has 0 aliphatic rings. The first-order chi connectivity index (χ1) is 6.13. The predicted octanol–water partition coefficient (Wildman–Crippen LogP) is 2.91. The van der Waals surface area contributed by atoms with Crippen molar-refractivity contribution < 1.29 is 4.39 Å². The molecule has 0 aliphatic heterocycles. The maximum atomic E-state index is 13.1. The molecule has 1 aromatic carbocycles. The molecular weight excluding hydrogens is 189 g/mol. The largest absolute Gasteiger partial charge is 0.369 e. The molecule has 0 fully saturated rings. The molecule has 1 rings (SSSR count). The number of hydrogen-bond acceptors (Lipinski definition) is 1. The number of benzene rings is 1. The lowest BCUT2D eigenvalue weighted by Crippen LogP contribution is -2.12. The van der Waals surface area contributed by atoms with Crippen LogP contribution in [0.3, 0.4) is 0 Å². The Morgan fingerprint density at radius 3 is 2.85 bits per heavy atom. The molecular formula is C10H9ClFN. The van der Waals surface area contributed by atoms with Gasteiger partial charge in [-0.05, 0) is 25.1 Å². The summed E-state index contributed by atoms with van der Waals surface area (Å²) in [6.45, 7) is 1.77. The highest BCUT2D eigenvalue weighted by atomic mass is 35.5. The average Bonchev–Trinajstić information content (AvgIpc) is 2.09. The first kappa shape index (κ1) is 9.88. The third-order valence-corrected chi connectivity index (χ3v) is 1.79. The highest BCUT2D eigenvalue weighted by molar-refractivity contribution is 6.30. The quantitative estimate of drug-likeness (QED) is 0.719. The van der Waals surface area contributed by atoms with Gasteiger partial charge in [-0.1, -0.05) is 17.5 Å². The maximum absolute atomic E-state index is 13.1. The van der Waals surface area contributed by atoms with Gasteiger partial charge in [0.15, 0.2) is 0 Å². The monoisotopic (exact) mass is 197 g/mol. The zero-order valence-electron chi connectivity index (χ0n) is 7.14. The topological polar surface area (TPSA) is 12.0 Å². The zero-order chi connectivity index (χ0) is 9.84. The molecule has 0 heterocycles. The number of terminal acetylenes is 1. The fourth-order valence-electron chi connectivity index (χ4n) is 0.881. The van der Waals surface area contributed by atoms with Crippen molar-refractivity contribution in [2.45, 2.75) is 13.0 Å². The summed E-state index contributed by atoms with van der Waals surface area (Å²) in [5, 5.41) is 3.19. The number of rotatable bonds is 2. The Labute approximate surface area is 81.9 Å². The van der Waals surface area contributed by atoms with Gasteiger partial charge in [-0.2, -0.15) is 0 Å². The minimum absolute atomic E-state index is 0.198. The summed E-state index contributed by atoms with van der Waals surface area (Å²) in [7, 11) is 0. The SMILES string of the molecule is C#CC(C)Nc1ccc(Cl)cc1F. The normalized spacial score (nSPS) is 11.8. The molecule has 0 spiro atoms. The molecule has 0 saturated heterocycles. The molecule has 13 heavy (non-hydrogen) atoms. The second-order valence-electron chi connectivity index (χ2n) is 2.66. The lowest BCUT2D eigenvalue weighted by Gasteiger charge is -2.09. The minimum atomic E-state index is -0.394. The van der Waals surface area contributed by atoms with E-state index in [1.807, 2.05) is 0 Å². The van der Waals surface area contributed by atoms with E-state index in [1.165, 1.54) is 6.07 Å². The summed E-state index contributed by atoms with van der Waals surface area (Å²) in [6.07, 6.45) is 5.14. The van der Waals surface area contributed by atoms with Crippen LogP contribution in [0.25, 0.3) is 0 Å². The lowest BCUT2D eigenvalue weighted by molar-refractivity contribution is 0.629. The molecule has 0 saturated carbocycles. The third kappa shape index (κ3) is 2.64. The van der Waals surface area contributed by atoms with Crippen LogP contribution in [-0.2, 0) is 0 Å². The van der Waals surface area contributed by atoms with E-state index in [9.17, 15) is 4.39 Å². The van der Waals surface area contributed by atoms with Gasteiger partial charge in [0.2, 0.25) is 0 Å². The Balaban J connectivity index is 2.85. The highest BCUT2D eigenvalue weighted by Crippen LogP contribution is 2.19. The average molecular weight is 198 g/mol. The Bertz CT molecular complexity index is 343. The molecule has 1 N–H and O–H groups in total. The van der Waals surface area contributed by atoms with Gasteiger partial charge in [0.05, 0.1) is 11.7 Å². The zero-order valence-corrected chi connectivity index (χ0v) is 7.90.